The van der Waals surface area contributed by atoms with E-state index in [0.717, 1.165) is 0 Å². The molecule has 2 aliphatic heterocycles. The van der Waals surface area contributed by atoms with E-state index >= 15 is 0 Å². The standard InChI is InChI=1S/C13H10N2O4/c16-9-5-2-6-15(13(9)19)8-4-1-3-7-10(8)12(18)14-11(7)17/h1,3-4H,2,5-6H2,(H,14,17,18). The molecule has 0 spiro atoms. The van der Waals surface area contributed by atoms with Crippen LogP contribution in [0, 0.1) is 0 Å². The van der Waals surface area contributed by atoms with Crippen LogP contribution in [0.2, 0.25) is 0 Å². The molecule has 6 nitrogen and oxygen atoms in total. The van der Waals surface area contributed by atoms with Crippen molar-refractivity contribution in [1.29, 1.82) is 0 Å². The first-order chi connectivity index (χ1) is 9.09. The number of piperidine rings is 1. The summed E-state index contributed by atoms with van der Waals surface area (Å²) in [7, 11) is 0. The van der Waals surface area contributed by atoms with Crippen LogP contribution in [-0.4, -0.2) is 30.0 Å². The number of Topliss-reactive ketones (excluding diaryl/α,β-unsaturated/α-hetero) is 1. The topological polar surface area (TPSA) is 83.6 Å². The van der Waals surface area contributed by atoms with Gasteiger partial charge in [0.25, 0.3) is 17.7 Å². The highest BCUT2D eigenvalue weighted by molar-refractivity contribution is 6.42. The molecule has 0 unspecified atom stereocenters. The molecule has 0 aliphatic carbocycles. The van der Waals surface area contributed by atoms with Crippen LogP contribution in [0.5, 0.6) is 0 Å². The molecular formula is C13H10N2O4. The van der Waals surface area contributed by atoms with E-state index < -0.39 is 23.5 Å². The van der Waals surface area contributed by atoms with Crippen molar-refractivity contribution in [3.63, 3.8) is 0 Å². The van der Waals surface area contributed by atoms with Crippen molar-refractivity contribution in [1.82, 2.24) is 5.32 Å². The van der Waals surface area contributed by atoms with Crippen LogP contribution in [0.4, 0.5) is 5.69 Å². The van der Waals surface area contributed by atoms with E-state index in [4.69, 9.17) is 0 Å². The number of benzene rings is 1. The summed E-state index contributed by atoms with van der Waals surface area (Å²) in [5.74, 6) is -2.08. The first kappa shape index (κ1) is 11.6. The highest BCUT2D eigenvalue weighted by atomic mass is 16.2. The van der Waals surface area contributed by atoms with Gasteiger partial charge in [0, 0.05) is 13.0 Å². The van der Waals surface area contributed by atoms with E-state index in [-0.39, 0.29) is 17.5 Å². The molecule has 3 rings (SSSR count). The number of nitrogens with zero attached hydrogens (tertiary/aromatic N) is 1. The van der Waals surface area contributed by atoms with Gasteiger partial charge in [-0.25, -0.2) is 0 Å². The summed E-state index contributed by atoms with van der Waals surface area (Å²) in [6, 6.07) is 4.70. The van der Waals surface area contributed by atoms with E-state index in [9.17, 15) is 19.2 Å². The number of imide groups is 1. The maximum absolute atomic E-state index is 11.9. The Hall–Kier alpha value is -2.50. The van der Waals surface area contributed by atoms with Gasteiger partial charge < -0.3 is 4.90 Å². The third kappa shape index (κ3) is 1.64. The Balaban J connectivity index is 2.12. The number of anilines is 1. The Kier molecular flexibility index (Phi) is 2.45. The molecule has 0 atom stereocenters. The normalized spacial score (nSPS) is 18.6. The second-order valence-corrected chi connectivity index (χ2v) is 4.47. The van der Waals surface area contributed by atoms with Crippen LogP contribution >= 0.6 is 0 Å². The van der Waals surface area contributed by atoms with Crippen LogP contribution in [-0.2, 0) is 9.59 Å². The van der Waals surface area contributed by atoms with Gasteiger partial charge in [-0.1, -0.05) is 6.07 Å². The molecule has 3 amide bonds. The van der Waals surface area contributed by atoms with Crippen molar-refractivity contribution in [3.05, 3.63) is 29.3 Å². The fraction of sp³-hybridized carbons (Fsp3) is 0.231. The van der Waals surface area contributed by atoms with Gasteiger partial charge in [0.15, 0.2) is 0 Å². The Bertz CT molecular complexity index is 636. The molecule has 19 heavy (non-hydrogen) atoms. The van der Waals surface area contributed by atoms with E-state index in [1.54, 1.807) is 12.1 Å². The van der Waals surface area contributed by atoms with Crippen LogP contribution in [0.25, 0.3) is 0 Å². The summed E-state index contributed by atoms with van der Waals surface area (Å²) in [6.07, 6.45) is 0.791. The van der Waals surface area contributed by atoms with Crippen LogP contribution < -0.4 is 10.2 Å². The molecule has 96 valence electrons. The molecule has 1 saturated heterocycles. The van der Waals surface area contributed by atoms with Gasteiger partial charge in [-0.05, 0) is 18.6 Å². The zero-order chi connectivity index (χ0) is 13.6. The van der Waals surface area contributed by atoms with Crippen molar-refractivity contribution in [2.75, 3.05) is 11.4 Å². The summed E-state index contributed by atoms with van der Waals surface area (Å²) >= 11 is 0. The van der Waals surface area contributed by atoms with Crippen molar-refractivity contribution in [2.24, 2.45) is 0 Å². The van der Waals surface area contributed by atoms with Crippen LogP contribution in [0.1, 0.15) is 33.6 Å². The predicted molar refractivity (Wildman–Crippen MR) is 64.8 cm³/mol. The number of amides is 3. The molecule has 2 aliphatic rings. The summed E-state index contributed by atoms with van der Waals surface area (Å²) in [5.41, 5.74) is 0.753. The lowest BCUT2D eigenvalue weighted by atomic mass is 10.0. The Morgan fingerprint density at radius 3 is 2.63 bits per heavy atom. The lowest BCUT2D eigenvalue weighted by Gasteiger charge is -2.26. The van der Waals surface area contributed by atoms with Gasteiger partial charge in [0.1, 0.15) is 0 Å². The minimum Gasteiger partial charge on any atom is -0.305 e. The lowest BCUT2D eigenvalue weighted by molar-refractivity contribution is -0.137. The second kappa shape index (κ2) is 4.01. The third-order valence-electron chi connectivity index (χ3n) is 3.30. The second-order valence-electron chi connectivity index (χ2n) is 4.47. The van der Waals surface area contributed by atoms with Gasteiger partial charge in [-0.15, -0.1) is 0 Å². The number of rotatable bonds is 1. The Labute approximate surface area is 108 Å². The van der Waals surface area contributed by atoms with Crippen molar-refractivity contribution in [3.8, 4) is 0 Å². The first-order valence-corrected chi connectivity index (χ1v) is 5.93. The number of carbonyl (C=O) groups excluding carboxylic acids is 4. The first-order valence-electron chi connectivity index (χ1n) is 5.93. The van der Waals surface area contributed by atoms with Crippen LogP contribution in [0.3, 0.4) is 0 Å². The van der Waals surface area contributed by atoms with E-state index in [1.807, 2.05) is 0 Å². The highest BCUT2D eigenvalue weighted by Crippen LogP contribution is 2.29. The summed E-state index contributed by atoms with van der Waals surface area (Å²) in [6.45, 7) is 0.377. The molecule has 0 bridgehead atoms. The van der Waals surface area contributed by atoms with Crippen LogP contribution in [0.15, 0.2) is 18.2 Å². The average Bonchev–Trinajstić information content (AvgIpc) is 2.69. The number of hydrogen-bond donors (Lipinski definition) is 1. The lowest BCUT2D eigenvalue weighted by Crippen LogP contribution is -2.42. The molecule has 1 aromatic rings. The Morgan fingerprint density at radius 1 is 1.05 bits per heavy atom. The van der Waals surface area contributed by atoms with E-state index in [1.165, 1.54) is 11.0 Å². The summed E-state index contributed by atoms with van der Waals surface area (Å²) < 4.78 is 0. The Morgan fingerprint density at radius 2 is 1.84 bits per heavy atom. The molecular weight excluding hydrogens is 248 g/mol. The van der Waals surface area contributed by atoms with Gasteiger partial charge >= 0.3 is 0 Å². The third-order valence-corrected chi connectivity index (χ3v) is 3.30. The quantitative estimate of drug-likeness (QED) is 0.578. The largest absolute Gasteiger partial charge is 0.305 e. The SMILES string of the molecule is O=C1CCCN(c2cccc3c2C(=O)NC3=O)C1=O. The molecule has 2 heterocycles. The number of carbonyl (C=O) groups is 4. The van der Waals surface area contributed by atoms with Gasteiger partial charge in [0.2, 0.25) is 5.78 Å². The molecule has 1 fully saturated rings. The smallest absolute Gasteiger partial charge is 0.294 e. The molecule has 1 aromatic carbocycles. The minimum absolute atomic E-state index is 0.176. The summed E-state index contributed by atoms with van der Waals surface area (Å²) in [4.78, 5) is 47.9. The van der Waals surface area contributed by atoms with E-state index in [2.05, 4.69) is 5.32 Å². The van der Waals surface area contributed by atoms with Crippen molar-refractivity contribution in [2.45, 2.75) is 12.8 Å². The number of fused-ring (bicyclic) bond motifs is 1. The van der Waals surface area contributed by atoms with Gasteiger partial charge in [0.05, 0.1) is 16.8 Å². The zero-order valence-corrected chi connectivity index (χ0v) is 9.93. The van der Waals surface area contributed by atoms with Gasteiger partial charge in [-0.2, -0.15) is 0 Å². The minimum atomic E-state index is -0.619. The maximum atomic E-state index is 11.9. The predicted octanol–water partition coefficient (Wildman–Crippen LogP) is 0.266. The zero-order valence-electron chi connectivity index (χ0n) is 9.93. The van der Waals surface area contributed by atoms with Crippen molar-refractivity contribution < 1.29 is 19.2 Å². The molecule has 1 N–H and O–H groups in total. The highest BCUT2D eigenvalue weighted by Gasteiger charge is 2.35. The molecule has 6 heteroatoms. The van der Waals surface area contributed by atoms with Gasteiger partial charge in [-0.3, -0.25) is 24.5 Å². The van der Waals surface area contributed by atoms with Crippen molar-refractivity contribution >= 4 is 29.2 Å². The number of ketones is 1. The van der Waals surface area contributed by atoms with E-state index in [0.29, 0.717) is 18.7 Å². The monoisotopic (exact) mass is 258 g/mol. The summed E-state index contributed by atoms with van der Waals surface area (Å²) in [5, 5.41) is 2.19. The number of nitrogens with one attached hydrogen (secondary N) is 1. The molecule has 0 aromatic heterocycles. The molecule has 0 saturated carbocycles. The average molecular weight is 258 g/mol. The fourth-order valence-corrected chi connectivity index (χ4v) is 2.41. The fourth-order valence-electron chi connectivity index (χ4n) is 2.41. The maximum Gasteiger partial charge on any atom is 0.294 e. The molecule has 0 radical (unpaired) electrons. The number of hydrogen-bond acceptors (Lipinski definition) is 4.